The maximum Gasteiger partial charge on any atom is 0.320 e. The zero-order chi connectivity index (χ0) is 18.0. The Bertz CT molecular complexity index is 684. The van der Waals surface area contributed by atoms with Crippen molar-refractivity contribution >= 4 is 17.0 Å². The summed E-state index contributed by atoms with van der Waals surface area (Å²) < 4.78 is 7.37. The second kappa shape index (κ2) is 6.90. The van der Waals surface area contributed by atoms with Gasteiger partial charge in [-0.05, 0) is 47.6 Å². The first kappa shape index (κ1) is 18.4. The Hall–Kier alpha value is -1.93. The van der Waals surface area contributed by atoms with Gasteiger partial charge in [0.1, 0.15) is 0 Å². The van der Waals surface area contributed by atoms with Crippen molar-refractivity contribution in [2.45, 2.75) is 58.7 Å². The van der Waals surface area contributed by atoms with Crippen LogP contribution in [0.1, 0.15) is 41.0 Å². The van der Waals surface area contributed by atoms with E-state index in [1.165, 1.54) is 0 Å². The number of aromatic nitrogens is 4. The minimum atomic E-state index is -0.882. The van der Waals surface area contributed by atoms with Gasteiger partial charge in [0.15, 0.2) is 17.0 Å². The summed E-state index contributed by atoms with van der Waals surface area (Å²) in [6, 6.07) is 0.230. The summed E-state index contributed by atoms with van der Waals surface area (Å²) in [7, 11) is 0. The van der Waals surface area contributed by atoms with Gasteiger partial charge in [-0.2, -0.15) is 9.97 Å². The SMILES string of the molecule is CC(C)(O)Cn1cnc2c(N)nc(OCCCNC(C)(C)C)nc21. The minimum Gasteiger partial charge on any atom is -0.463 e. The van der Waals surface area contributed by atoms with E-state index in [2.05, 4.69) is 41.0 Å². The van der Waals surface area contributed by atoms with Gasteiger partial charge in [0.05, 0.1) is 25.1 Å². The van der Waals surface area contributed by atoms with Crippen LogP contribution in [0.4, 0.5) is 5.82 Å². The Morgan fingerprint density at radius 3 is 2.58 bits per heavy atom. The first-order valence-corrected chi connectivity index (χ1v) is 8.14. The molecule has 0 saturated heterocycles. The maximum absolute atomic E-state index is 9.99. The number of rotatable bonds is 7. The zero-order valence-corrected chi connectivity index (χ0v) is 15.1. The second-order valence-corrected chi connectivity index (χ2v) is 7.63. The van der Waals surface area contributed by atoms with E-state index in [-0.39, 0.29) is 17.4 Å². The molecule has 8 heteroatoms. The fourth-order valence-electron chi connectivity index (χ4n) is 2.24. The third-order valence-corrected chi connectivity index (χ3v) is 3.24. The van der Waals surface area contributed by atoms with E-state index in [0.717, 1.165) is 13.0 Å². The third-order valence-electron chi connectivity index (χ3n) is 3.24. The summed E-state index contributed by atoms with van der Waals surface area (Å²) in [4.78, 5) is 12.7. The number of nitrogens with zero attached hydrogens (tertiary/aromatic N) is 4. The van der Waals surface area contributed by atoms with Crippen LogP contribution in [0, 0.1) is 0 Å². The number of ether oxygens (including phenoxy) is 1. The van der Waals surface area contributed by atoms with Crippen molar-refractivity contribution in [3.63, 3.8) is 0 Å². The fourth-order valence-corrected chi connectivity index (χ4v) is 2.24. The van der Waals surface area contributed by atoms with Crippen molar-refractivity contribution < 1.29 is 9.84 Å². The van der Waals surface area contributed by atoms with E-state index in [4.69, 9.17) is 10.5 Å². The van der Waals surface area contributed by atoms with Crippen molar-refractivity contribution in [3.8, 4) is 6.01 Å². The van der Waals surface area contributed by atoms with Gasteiger partial charge in [0.2, 0.25) is 0 Å². The molecule has 0 radical (unpaired) electrons. The van der Waals surface area contributed by atoms with Crippen molar-refractivity contribution in [3.05, 3.63) is 6.33 Å². The van der Waals surface area contributed by atoms with Crippen molar-refractivity contribution in [1.29, 1.82) is 0 Å². The van der Waals surface area contributed by atoms with E-state index in [0.29, 0.717) is 24.3 Å². The number of nitrogen functional groups attached to an aromatic ring is 1. The molecule has 134 valence electrons. The molecular weight excluding hydrogens is 308 g/mol. The Balaban J connectivity index is 2.04. The molecule has 0 aliphatic carbocycles. The highest BCUT2D eigenvalue weighted by molar-refractivity contribution is 5.81. The van der Waals surface area contributed by atoms with Crippen LogP contribution >= 0.6 is 0 Å². The monoisotopic (exact) mass is 336 g/mol. The maximum atomic E-state index is 9.99. The summed E-state index contributed by atoms with van der Waals surface area (Å²) in [6.45, 7) is 11.5. The summed E-state index contributed by atoms with van der Waals surface area (Å²) in [5.74, 6) is 0.275. The topological polar surface area (TPSA) is 111 Å². The lowest BCUT2D eigenvalue weighted by Gasteiger charge is -2.20. The van der Waals surface area contributed by atoms with Gasteiger partial charge < -0.3 is 25.5 Å². The highest BCUT2D eigenvalue weighted by Crippen LogP contribution is 2.20. The van der Waals surface area contributed by atoms with Gasteiger partial charge in [-0.15, -0.1) is 0 Å². The summed E-state index contributed by atoms with van der Waals surface area (Å²) in [5, 5.41) is 13.4. The smallest absolute Gasteiger partial charge is 0.320 e. The molecule has 2 aromatic heterocycles. The van der Waals surface area contributed by atoms with Gasteiger partial charge >= 0.3 is 6.01 Å². The average molecular weight is 336 g/mol. The molecule has 2 rings (SSSR count). The molecule has 2 heterocycles. The predicted molar refractivity (Wildman–Crippen MR) is 93.9 cm³/mol. The number of imidazole rings is 1. The van der Waals surface area contributed by atoms with Crippen molar-refractivity contribution in [1.82, 2.24) is 24.8 Å². The molecule has 0 aliphatic rings. The van der Waals surface area contributed by atoms with Gasteiger partial charge in [-0.1, -0.05) is 0 Å². The number of hydrogen-bond acceptors (Lipinski definition) is 7. The van der Waals surface area contributed by atoms with Gasteiger partial charge in [-0.25, -0.2) is 4.98 Å². The summed E-state index contributed by atoms with van der Waals surface area (Å²) in [5.41, 5.74) is 6.22. The van der Waals surface area contributed by atoms with Crippen LogP contribution in [-0.2, 0) is 6.54 Å². The van der Waals surface area contributed by atoms with Crippen LogP contribution in [0.5, 0.6) is 6.01 Å². The Morgan fingerprint density at radius 2 is 1.96 bits per heavy atom. The molecule has 0 aliphatic heterocycles. The van der Waals surface area contributed by atoms with Crippen LogP contribution in [0.15, 0.2) is 6.33 Å². The third kappa shape index (κ3) is 5.31. The first-order valence-electron chi connectivity index (χ1n) is 8.14. The number of fused-ring (bicyclic) bond motifs is 1. The van der Waals surface area contributed by atoms with Crippen LogP contribution in [0.25, 0.3) is 11.2 Å². The summed E-state index contributed by atoms with van der Waals surface area (Å²) >= 11 is 0. The summed E-state index contributed by atoms with van der Waals surface area (Å²) in [6.07, 6.45) is 2.44. The van der Waals surface area contributed by atoms with E-state index in [9.17, 15) is 5.11 Å². The number of hydrogen-bond donors (Lipinski definition) is 3. The molecule has 0 atom stereocenters. The van der Waals surface area contributed by atoms with Gasteiger partial charge in [-0.3, -0.25) is 0 Å². The zero-order valence-electron chi connectivity index (χ0n) is 15.1. The number of anilines is 1. The molecule has 0 amide bonds. The largest absolute Gasteiger partial charge is 0.463 e. The van der Waals surface area contributed by atoms with Crippen molar-refractivity contribution in [2.24, 2.45) is 0 Å². The lowest BCUT2D eigenvalue weighted by molar-refractivity contribution is 0.0624. The van der Waals surface area contributed by atoms with E-state index < -0.39 is 5.60 Å². The molecule has 4 N–H and O–H groups in total. The highest BCUT2D eigenvalue weighted by Gasteiger charge is 2.18. The van der Waals surface area contributed by atoms with Gasteiger partial charge in [0.25, 0.3) is 0 Å². The van der Waals surface area contributed by atoms with Crippen LogP contribution in [-0.4, -0.2) is 48.9 Å². The average Bonchev–Trinajstić information content (AvgIpc) is 2.79. The number of nitrogens with one attached hydrogen (secondary N) is 1. The molecule has 0 saturated carbocycles. The van der Waals surface area contributed by atoms with E-state index in [1.54, 1.807) is 24.7 Å². The Morgan fingerprint density at radius 1 is 1.25 bits per heavy atom. The number of nitrogens with two attached hydrogens (primary N) is 1. The highest BCUT2D eigenvalue weighted by atomic mass is 16.5. The van der Waals surface area contributed by atoms with E-state index >= 15 is 0 Å². The van der Waals surface area contributed by atoms with E-state index in [1.807, 2.05) is 0 Å². The Kier molecular flexibility index (Phi) is 5.29. The fraction of sp³-hybridized carbons (Fsp3) is 0.688. The quantitative estimate of drug-likeness (QED) is 0.654. The standard InChI is InChI=1S/C16H28N6O2/c1-15(2,3)19-7-6-8-24-14-20-12(17)11-13(21-14)22(10-18-11)9-16(4,5)23/h10,19,23H,6-9H2,1-5H3,(H2,17,20,21). The molecular formula is C16H28N6O2. The molecule has 0 fully saturated rings. The van der Waals surface area contributed by atoms with Crippen LogP contribution in [0.3, 0.4) is 0 Å². The molecule has 8 nitrogen and oxygen atoms in total. The lowest BCUT2D eigenvalue weighted by Crippen LogP contribution is -2.36. The second-order valence-electron chi connectivity index (χ2n) is 7.63. The molecule has 2 aromatic rings. The molecule has 24 heavy (non-hydrogen) atoms. The first-order chi connectivity index (χ1) is 11.1. The molecule has 0 bridgehead atoms. The van der Waals surface area contributed by atoms with Crippen LogP contribution < -0.4 is 15.8 Å². The minimum absolute atomic E-state index is 0.0867. The Labute approximate surface area is 142 Å². The number of aliphatic hydroxyl groups is 1. The lowest BCUT2D eigenvalue weighted by atomic mass is 10.1. The van der Waals surface area contributed by atoms with Crippen LogP contribution in [0.2, 0.25) is 0 Å². The normalized spacial score (nSPS) is 12.8. The van der Waals surface area contributed by atoms with Gasteiger partial charge in [0, 0.05) is 5.54 Å². The molecule has 0 aromatic carbocycles. The van der Waals surface area contributed by atoms with Crippen molar-refractivity contribution in [2.75, 3.05) is 18.9 Å². The molecule has 0 spiro atoms. The molecule has 0 unspecified atom stereocenters. The predicted octanol–water partition coefficient (Wildman–Crippen LogP) is 1.34.